The molecule has 0 saturated carbocycles. The Bertz CT molecular complexity index is 705. The summed E-state index contributed by atoms with van der Waals surface area (Å²) in [6, 6.07) is 5.01. The number of hydrazone groups is 1. The van der Waals surface area contributed by atoms with Gasteiger partial charge in [-0.3, -0.25) is 4.79 Å². The number of rotatable bonds is 5. The third-order valence-electron chi connectivity index (χ3n) is 4.24. The fourth-order valence-corrected chi connectivity index (χ4v) is 2.58. The van der Waals surface area contributed by atoms with Crippen molar-refractivity contribution >= 4 is 11.6 Å². The lowest BCUT2D eigenvalue weighted by atomic mass is 9.85. The lowest BCUT2D eigenvalue weighted by molar-refractivity contribution is 0.0954. The van der Waals surface area contributed by atoms with E-state index >= 15 is 0 Å². The number of nitrogens with one attached hydrogen (secondary N) is 1. The molecule has 1 amide bonds. The van der Waals surface area contributed by atoms with Gasteiger partial charge in [0.2, 0.25) is 0 Å². The molecule has 1 N–H and O–H groups in total. The lowest BCUT2D eigenvalue weighted by Gasteiger charge is -2.22. The van der Waals surface area contributed by atoms with Crippen LogP contribution in [0, 0.1) is 5.92 Å². The summed E-state index contributed by atoms with van der Waals surface area (Å²) in [7, 11) is 3.09. The van der Waals surface area contributed by atoms with E-state index in [9.17, 15) is 4.79 Å². The van der Waals surface area contributed by atoms with Crippen LogP contribution in [0.3, 0.4) is 0 Å². The van der Waals surface area contributed by atoms with Crippen LogP contribution in [-0.4, -0.2) is 25.8 Å². The third-order valence-corrected chi connectivity index (χ3v) is 4.24. The highest BCUT2D eigenvalue weighted by Gasteiger charge is 2.19. The molecule has 24 heavy (non-hydrogen) atoms. The molecule has 0 bridgehead atoms. The molecule has 0 saturated heterocycles. The predicted octanol–water partition coefficient (Wildman–Crippen LogP) is 3.72. The molecule has 0 aliphatic heterocycles. The number of amides is 1. The molecule has 1 aliphatic carbocycles. The molecule has 1 aromatic carbocycles. The Kier molecular flexibility index (Phi) is 5.79. The molecule has 1 aliphatic rings. The lowest BCUT2D eigenvalue weighted by Crippen LogP contribution is -2.23. The number of allylic oxidation sites excluding steroid dienone is 3. The number of hydrogen-bond acceptors (Lipinski definition) is 4. The van der Waals surface area contributed by atoms with Crippen molar-refractivity contribution in [3.05, 3.63) is 47.6 Å². The van der Waals surface area contributed by atoms with Gasteiger partial charge < -0.3 is 9.47 Å². The molecule has 0 spiro atoms. The average Bonchev–Trinajstić information content (AvgIpc) is 2.59. The largest absolute Gasteiger partial charge is 0.493 e. The first-order valence-electron chi connectivity index (χ1n) is 7.87. The van der Waals surface area contributed by atoms with Gasteiger partial charge in [-0.15, -0.1) is 0 Å². The zero-order chi connectivity index (χ0) is 17.7. The molecule has 0 unspecified atom stereocenters. The quantitative estimate of drug-likeness (QED) is 0.662. The normalized spacial score (nSPS) is 18.8. The van der Waals surface area contributed by atoms with Gasteiger partial charge in [0, 0.05) is 5.56 Å². The van der Waals surface area contributed by atoms with Crippen molar-refractivity contribution < 1.29 is 14.3 Å². The number of methoxy groups -OCH3 is 2. The van der Waals surface area contributed by atoms with Crippen LogP contribution in [0.1, 0.15) is 37.0 Å². The Morgan fingerprint density at radius 1 is 1.29 bits per heavy atom. The number of hydrogen-bond donors (Lipinski definition) is 1. The average molecular weight is 328 g/mol. The van der Waals surface area contributed by atoms with Gasteiger partial charge in [0.1, 0.15) is 0 Å². The highest BCUT2D eigenvalue weighted by Crippen LogP contribution is 2.28. The zero-order valence-corrected chi connectivity index (χ0v) is 14.7. The van der Waals surface area contributed by atoms with Crippen LogP contribution in [-0.2, 0) is 0 Å². The van der Waals surface area contributed by atoms with Gasteiger partial charge in [-0.05, 0) is 56.4 Å². The zero-order valence-electron chi connectivity index (χ0n) is 14.7. The standard InChI is InChI=1S/C19H24N2O3/c1-12(2)14-7-6-13(3)16(10-14)20-21-19(22)15-8-9-17(23-4)18(11-15)24-5/h6,8-9,11,14H,1,7,10H2,2-5H3,(H,21,22)/b20-16-/t14-/m0/s1. The van der Waals surface area contributed by atoms with E-state index in [-0.39, 0.29) is 5.91 Å². The summed E-state index contributed by atoms with van der Waals surface area (Å²) in [5.41, 5.74) is 6.22. The second-order valence-electron chi connectivity index (χ2n) is 5.94. The Balaban J connectivity index is 2.13. The molecule has 0 fully saturated rings. The number of ether oxygens (including phenoxy) is 2. The summed E-state index contributed by atoms with van der Waals surface area (Å²) in [6.45, 7) is 8.06. The van der Waals surface area contributed by atoms with E-state index in [0.29, 0.717) is 23.0 Å². The smallest absolute Gasteiger partial charge is 0.271 e. The Morgan fingerprint density at radius 3 is 2.62 bits per heavy atom. The van der Waals surface area contributed by atoms with Crippen LogP contribution in [0.2, 0.25) is 0 Å². The van der Waals surface area contributed by atoms with Crippen LogP contribution in [0.4, 0.5) is 0 Å². The van der Waals surface area contributed by atoms with Gasteiger partial charge in [0.25, 0.3) is 5.91 Å². The van der Waals surface area contributed by atoms with Crippen molar-refractivity contribution in [2.75, 3.05) is 14.2 Å². The molecule has 128 valence electrons. The van der Waals surface area contributed by atoms with Gasteiger partial charge in [-0.25, -0.2) is 5.43 Å². The maximum absolute atomic E-state index is 12.3. The molecular formula is C19H24N2O3. The van der Waals surface area contributed by atoms with E-state index in [1.807, 2.05) is 13.8 Å². The first-order chi connectivity index (χ1) is 11.5. The molecule has 0 heterocycles. The Morgan fingerprint density at radius 2 is 2.00 bits per heavy atom. The first-order valence-corrected chi connectivity index (χ1v) is 7.87. The van der Waals surface area contributed by atoms with Crippen LogP contribution >= 0.6 is 0 Å². The topological polar surface area (TPSA) is 59.9 Å². The summed E-state index contributed by atoms with van der Waals surface area (Å²) in [5, 5.41) is 4.31. The molecular weight excluding hydrogens is 304 g/mol. The van der Waals surface area contributed by atoms with E-state index in [1.54, 1.807) is 25.3 Å². The number of carbonyl (C=O) groups is 1. The molecule has 0 aromatic heterocycles. The van der Waals surface area contributed by atoms with E-state index in [1.165, 1.54) is 7.11 Å². The van der Waals surface area contributed by atoms with Crippen molar-refractivity contribution in [2.24, 2.45) is 11.0 Å². The maximum atomic E-state index is 12.3. The van der Waals surface area contributed by atoms with E-state index < -0.39 is 0 Å². The van der Waals surface area contributed by atoms with E-state index in [0.717, 1.165) is 29.7 Å². The summed E-state index contributed by atoms with van der Waals surface area (Å²) in [6.07, 6.45) is 3.91. The minimum atomic E-state index is -0.284. The van der Waals surface area contributed by atoms with Crippen LogP contribution < -0.4 is 14.9 Å². The van der Waals surface area contributed by atoms with Crippen molar-refractivity contribution in [3.8, 4) is 11.5 Å². The molecule has 1 aromatic rings. The first kappa shape index (κ1) is 17.8. The van der Waals surface area contributed by atoms with Gasteiger partial charge >= 0.3 is 0 Å². The monoisotopic (exact) mass is 328 g/mol. The van der Waals surface area contributed by atoms with Crippen LogP contribution in [0.25, 0.3) is 0 Å². The third kappa shape index (κ3) is 4.04. The minimum Gasteiger partial charge on any atom is -0.493 e. The highest BCUT2D eigenvalue weighted by atomic mass is 16.5. The van der Waals surface area contributed by atoms with Gasteiger partial charge in [0.15, 0.2) is 11.5 Å². The van der Waals surface area contributed by atoms with E-state index in [4.69, 9.17) is 9.47 Å². The molecule has 5 nitrogen and oxygen atoms in total. The Hall–Kier alpha value is -2.56. The molecule has 0 radical (unpaired) electrons. The summed E-state index contributed by atoms with van der Waals surface area (Å²) in [5.74, 6) is 1.18. The second-order valence-corrected chi connectivity index (χ2v) is 5.94. The van der Waals surface area contributed by atoms with E-state index in [2.05, 4.69) is 23.2 Å². The van der Waals surface area contributed by atoms with Crippen molar-refractivity contribution in [2.45, 2.75) is 26.7 Å². The van der Waals surface area contributed by atoms with Crippen molar-refractivity contribution in [1.29, 1.82) is 0 Å². The van der Waals surface area contributed by atoms with Crippen LogP contribution in [0.15, 0.2) is 47.1 Å². The van der Waals surface area contributed by atoms with Crippen LogP contribution in [0.5, 0.6) is 11.5 Å². The predicted molar refractivity (Wildman–Crippen MR) is 95.7 cm³/mol. The Labute approximate surface area is 143 Å². The fourth-order valence-electron chi connectivity index (χ4n) is 2.58. The fraction of sp³-hybridized carbons (Fsp3) is 0.368. The second kappa shape index (κ2) is 7.81. The SMILES string of the molecule is C=C(C)[C@H]1CC=C(C)/C(=N\NC(=O)c2ccc(OC)c(OC)c2)C1. The van der Waals surface area contributed by atoms with Gasteiger partial charge in [-0.1, -0.05) is 18.2 Å². The van der Waals surface area contributed by atoms with Gasteiger partial charge in [0.05, 0.1) is 19.9 Å². The highest BCUT2D eigenvalue weighted by molar-refractivity contribution is 6.02. The summed E-state index contributed by atoms with van der Waals surface area (Å²) < 4.78 is 10.4. The molecule has 5 heteroatoms. The molecule has 1 atom stereocenters. The number of carbonyl (C=O) groups excluding carboxylic acids is 1. The summed E-state index contributed by atoms with van der Waals surface area (Å²) in [4.78, 5) is 12.3. The van der Waals surface area contributed by atoms with Gasteiger partial charge in [-0.2, -0.15) is 5.10 Å². The summed E-state index contributed by atoms with van der Waals surface area (Å²) >= 11 is 0. The minimum absolute atomic E-state index is 0.284. The van der Waals surface area contributed by atoms with Crippen molar-refractivity contribution in [1.82, 2.24) is 5.43 Å². The van der Waals surface area contributed by atoms with Crippen molar-refractivity contribution in [3.63, 3.8) is 0 Å². The molecule has 2 rings (SSSR count). The maximum Gasteiger partial charge on any atom is 0.271 e. The number of benzene rings is 1. The number of nitrogens with zero attached hydrogens (tertiary/aromatic N) is 1.